The lowest BCUT2D eigenvalue weighted by atomic mass is 9.89. The van der Waals surface area contributed by atoms with Gasteiger partial charge >= 0.3 is 6.18 Å². The van der Waals surface area contributed by atoms with Crippen LogP contribution in [0.15, 0.2) is 18.2 Å². The van der Waals surface area contributed by atoms with E-state index in [0.29, 0.717) is 17.0 Å². The largest absolute Gasteiger partial charge is 0.495 e. The Bertz CT molecular complexity index is 849. The third-order valence-corrected chi connectivity index (χ3v) is 3.84. The van der Waals surface area contributed by atoms with Crippen LogP contribution in [-0.2, 0) is 22.3 Å². The molecule has 3 rings (SSSR count). The number of fused-ring (bicyclic) bond motifs is 1. The molecule has 2 amide bonds. The fourth-order valence-corrected chi connectivity index (χ4v) is 2.66. The van der Waals surface area contributed by atoms with Crippen LogP contribution in [0.4, 0.5) is 18.9 Å². The first-order chi connectivity index (χ1) is 12.3. The van der Waals surface area contributed by atoms with Crippen LogP contribution in [-0.4, -0.2) is 34.1 Å². The highest BCUT2D eigenvalue weighted by atomic mass is 19.4. The summed E-state index contributed by atoms with van der Waals surface area (Å²) in [5.74, 6) is -2.71. The third kappa shape index (κ3) is 3.46. The molecule has 0 saturated heterocycles. The van der Waals surface area contributed by atoms with Crippen molar-refractivity contribution in [2.24, 2.45) is 0 Å². The Morgan fingerprint density at radius 2 is 2.19 bits per heavy atom. The Hall–Kier alpha value is -3.11. The lowest BCUT2D eigenvalue weighted by Crippen LogP contribution is -2.35. The number of aromatic nitrogens is 3. The number of ether oxygens (including phenoxy) is 1. The number of para-hydroxylation sites is 1. The molecular weight excluding hydrogens is 355 g/mol. The molecule has 138 valence electrons. The van der Waals surface area contributed by atoms with Gasteiger partial charge in [-0.1, -0.05) is 12.1 Å². The van der Waals surface area contributed by atoms with Gasteiger partial charge in [0.05, 0.1) is 25.3 Å². The molecule has 1 aliphatic heterocycles. The minimum atomic E-state index is -4.67. The summed E-state index contributed by atoms with van der Waals surface area (Å²) in [4.78, 5) is 27.6. The number of halogens is 3. The number of H-pyrrole nitrogens is 1. The van der Waals surface area contributed by atoms with Crippen molar-refractivity contribution in [2.45, 2.75) is 25.1 Å². The van der Waals surface area contributed by atoms with Gasteiger partial charge in [0.25, 0.3) is 5.82 Å². The van der Waals surface area contributed by atoms with E-state index in [4.69, 9.17) is 4.74 Å². The number of alkyl halides is 3. The van der Waals surface area contributed by atoms with Crippen LogP contribution in [0, 0.1) is 0 Å². The normalized spacial score (nSPS) is 16.6. The summed E-state index contributed by atoms with van der Waals surface area (Å²) in [5.41, 5.74) is 0.973. The highest BCUT2D eigenvalue weighted by Crippen LogP contribution is 2.38. The topological polar surface area (TPSA) is 109 Å². The van der Waals surface area contributed by atoms with E-state index in [-0.39, 0.29) is 24.7 Å². The van der Waals surface area contributed by atoms with Crippen molar-refractivity contribution in [1.29, 1.82) is 0 Å². The summed E-state index contributed by atoms with van der Waals surface area (Å²) in [5, 5.41) is 10.3. The maximum absolute atomic E-state index is 12.5. The molecule has 0 spiro atoms. The van der Waals surface area contributed by atoms with Gasteiger partial charge in [-0.25, -0.2) is 4.98 Å². The van der Waals surface area contributed by atoms with Crippen LogP contribution in [0.3, 0.4) is 0 Å². The molecule has 1 aliphatic rings. The average Bonchev–Trinajstić information content (AvgIpc) is 3.07. The number of aromatic amines is 1. The predicted octanol–water partition coefficient (Wildman–Crippen LogP) is 1.57. The predicted molar refractivity (Wildman–Crippen MR) is 82.2 cm³/mol. The molecule has 8 nitrogen and oxygen atoms in total. The smallest absolute Gasteiger partial charge is 0.453 e. The minimum Gasteiger partial charge on any atom is -0.495 e. The zero-order valence-corrected chi connectivity index (χ0v) is 13.5. The van der Waals surface area contributed by atoms with Crippen LogP contribution >= 0.6 is 0 Å². The Kier molecular flexibility index (Phi) is 4.53. The Balaban J connectivity index is 1.75. The maximum atomic E-state index is 12.5. The first-order valence-electron chi connectivity index (χ1n) is 7.52. The van der Waals surface area contributed by atoms with Gasteiger partial charge in [-0.2, -0.15) is 13.2 Å². The molecule has 1 aromatic carbocycles. The fraction of sp³-hybridized carbons (Fsp3) is 0.333. The number of hydrogen-bond donors (Lipinski definition) is 3. The lowest BCUT2D eigenvalue weighted by Gasteiger charge is -2.26. The second-order valence-corrected chi connectivity index (χ2v) is 5.55. The molecule has 0 fully saturated rings. The zero-order valence-electron chi connectivity index (χ0n) is 13.5. The SMILES string of the molecule is COc1cccc2c1NC(=O)C[C@H]2C(=O)NCc1nc(C(F)(F)F)n[nH]1. The summed E-state index contributed by atoms with van der Waals surface area (Å²) in [7, 11) is 1.44. The van der Waals surface area contributed by atoms with Gasteiger partial charge in [-0.05, 0) is 11.6 Å². The van der Waals surface area contributed by atoms with Crippen molar-refractivity contribution in [3.05, 3.63) is 35.4 Å². The number of nitrogens with zero attached hydrogens (tertiary/aromatic N) is 2. The Labute approximate surface area is 145 Å². The first-order valence-corrected chi connectivity index (χ1v) is 7.52. The number of amides is 2. The van der Waals surface area contributed by atoms with Gasteiger partial charge in [-0.15, -0.1) is 5.10 Å². The van der Waals surface area contributed by atoms with Crippen molar-refractivity contribution < 1.29 is 27.5 Å². The number of benzene rings is 1. The van der Waals surface area contributed by atoms with E-state index in [1.54, 1.807) is 18.2 Å². The molecule has 0 aliphatic carbocycles. The number of carbonyl (C=O) groups is 2. The Morgan fingerprint density at radius 1 is 1.42 bits per heavy atom. The fourth-order valence-electron chi connectivity index (χ4n) is 2.66. The van der Waals surface area contributed by atoms with Crippen molar-refractivity contribution in [3.8, 4) is 5.75 Å². The molecular formula is C15H14F3N5O3. The molecule has 2 heterocycles. The van der Waals surface area contributed by atoms with Crippen LogP contribution < -0.4 is 15.4 Å². The summed E-state index contributed by atoms with van der Waals surface area (Å²) < 4.78 is 42.6. The van der Waals surface area contributed by atoms with E-state index in [1.807, 2.05) is 0 Å². The lowest BCUT2D eigenvalue weighted by molar-refractivity contribution is -0.144. The van der Waals surface area contributed by atoms with E-state index in [0.717, 1.165) is 0 Å². The van der Waals surface area contributed by atoms with Crippen LogP contribution in [0.25, 0.3) is 0 Å². The maximum Gasteiger partial charge on any atom is 0.453 e. The molecule has 2 aromatic rings. The van der Waals surface area contributed by atoms with E-state index >= 15 is 0 Å². The van der Waals surface area contributed by atoms with Crippen LogP contribution in [0.1, 0.15) is 29.6 Å². The molecule has 1 aromatic heterocycles. The summed E-state index contributed by atoms with van der Waals surface area (Å²) in [6.45, 7) is -0.278. The number of nitrogens with one attached hydrogen (secondary N) is 3. The Morgan fingerprint density at radius 3 is 2.85 bits per heavy atom. The quantitative estimate of drug-likeness (QED) is 0.758. The molecule has 0 bridgehead atoms. The zero-order chi connectivity index (χ0) is 18.9. The molecule has 26 heavy (non-hydrogen) atoms. The molecule has 3 N–H and O–H groups in total. The van der Waals surface area contributed by atoms with E-state index in [1.165, 1.54) is 7.11 Å². The van der Waals surface area contributed by atoms with Crippen LogP contribution in [0.5, 0.6) is 5.75 Å². The van der Waals surface area contributed by atoms with Gasteiger partial charge < -0.3 is 15.4 Å². The number of methoxy groups -OCH3 is 1. The van der Waals surface area contributed by atoms with Crippen molar-refractivity contribution in [1.82, 2.24) is 20.5 Å². The first kappa shape index (κ1) is 17.7. The van der Waals surface area contributed by atoms with Gasteiger partial charge in [0.2, 0.25) is 11.8 Å². The third-order valence-electron chi connectivity index (χ3n) is 3.84. The minimum absolute atomic E-state index is 0.0871. The van der Waals surface area contributed by atoms with E-state index < -0.39 is 23.8 Å². The molecule has 0 unspecified atom stereocenters. The number of carbonyl (C=O) groups excluding carboxylic acids is 2. The molecule has 11 heteroatoms. The second-order valence-electron chi connectivity index (χ2n) is 5.55. The molecule has 0 saturated carbocycles. The molecule has 0 radical (unpaired) electrons. The van der Waals surface area contributed by atoms with Gasteiger partial charge in [0.15, 0.2) is 0 Å². The monoisotopic (exact) mass is 369 g/mol. The highest BCUT2D eigenvalue weighted by molar-refractivity contribution is 6.02. The van der Waals surface area contributed by atoms with Crippen molar-refractivity contribution in [3.63, 3.8) is 0 Å². The van der Waals surface area contributed by atoms with E-state index in [2.05, 4.69) is 25.8 Å². The summed E-state index contributed by atoms with van der Waals surface area (Å²) in [6.07, 6.45) is -4.76. The standard InChI is InChI=1S/C15H14F3N5O3/c1-26-9-4-2-3-7-8(5-11(24)21-12(7)9)13(25)19-6-10-20-14(23-22-10)15(16,17)18/h2-4,8H,5-6H2,1H3,(H,19,25)(H,21,24)(H,20,22,23)/t8-/m1/s1. The summed E-state index contributed by atoms with van der Waals surface area (Å²) in [6, 6.07) is 5.01. The number of anilines is 1. The highest BCUT2D eigenvalue weighted by Gasteiger charge is 2.36. The number of rotatable bonds is 4. The summed E-state index contributed by atoms with van der Waals surface area (Å²) >= 11 is 0. The average molecular weight is 369 g/mol. The van der Waals surface area contributed by atoms with Crippen LogP contribution in [0.2, 0.25) is 0 Å². The second kappa shape index (κ2) is 6.65. The van der Waals surface area contributed by atoms with Crippen molar-refractivity contribution >= 4 is 17.5 Å². The van der Waals surface area contributed by atoms with Gasteiger partial charge in [-0.3, -0.25) is 14.7 Å². The van der Waals surface area contributed by atoms with Gasteiger partial charge in [0.1, 0.15) is 11.6 Å². The van der Waals surface area contributed by atoms with E-state index in [9.17, 15) is 22.8 Å². The molecule has 1 atom stereocenters. The van der Waals surface area contributed by atoms with Gasteiger partial charge in [0, 0.05) is 6.42 Å². The number of hydrogen-bond acceptors (Lipinski definition) is 5. The van der Waals surface area contributed by atoms with Crippen molar-refractivity contribution in [2.75, 3.05) is 12.4 Å².